The predicted molar refractivity (Wildman–Crippen MR) is 109 cm³/mol. The van der Waals surface area contributed by atoms with Crippen molar-refractivity contribution in [3.8, 4) is 0 Å². The molecule has 2 fully saturated rings. The molecule has 0 radical (unpaired) electrons. The molecule has 1 N–H and O–H groups in total. The summed E-state index contributed by atoms with van der Waals surface area (Å²) in [5.74, 6) is 0.936. The highest BCUT2D eigenvalue weighted by Gasteiger charge is 2.25. The molecule has 0 saturated carbocycles. The summed E-state index contributed by atoms with van der Waals surface area (Å²) >= 11 is 0. The third-order valence-electron chi connectivity index (χ3n) is 5.24. The van der Waals surface area contributed by atoms with Crippen LogP contribution in [0.25, 0.3) is 0 Å². The Morgan fingerprint density at radius 1 is 1.13 bits per heavy atom. The Kier molecular flexibility index (Phi) is 6.83. The Balaban J connectivity index is 1.32. The van der Waals surface area contributed by atoms with Crippen LogP contribution in [0.4, 0.5) is 16.0 Å². The van der Waals surface area contributed by atoms with Crippen LogP contribution in [-0.4, -0.2) is 78.2 Å². The summed E-state index contributed by atoms with van der Waals surface area (Å²) in [7, 11) is 0. The van der Waals surface area contributed by atoms with E-state index >= 15 is 0 Å². The first-order chi connectivity index (χ1) is 14.7. The van der Waals surface area contributed by atoms with E-state index in [9.17, 15) is 9.18 Å². The van der Waals surface area contributed by atoms with Gasteiger partial charge < -0.3 is 19.7 Å². The van der Waals surface area contributed by atoms with Gasteiger partial charge in [-0.2, -0.15) is 0 Å². The van der Waals surface area contributed by atoms with Gasteiger partial charge in [-0.1, -0.05) is 6.07 Å². The summed E-state index contributed by atoms with van der Waals surface area (Å²) in [6.07, 6.45) is 1.49. The van der Waals surface area contributed by atoms with E-state index in [1.165, 1.54) is 6.07 Å². The molecule has 0 aliphatic carbocycles. The Hall–Kier alpha value is -2.62. The molecule has 2 aliphatic heterocycles. The Bertz CT molecular complexity index is 845. The van der Waals surface area contributed by atoms with Gasteiger partial charge in [-0.05, 0) is 24.3 Å². The van der Waals surface area contributed by atoms with Crippen molar-refractivity contribution in [1.82, 2.24) is 19.8 Å². The second-order valence-electron chi connectivity index (χ2n) is 7.34. The summed E-state index contributed by atoms with van der Waals surface area (Å²) in [6, 6.07) is 8.57. The minimum atomic E-state index is -0.384. The van der Waals surface area contributed by atoms with Gasteiger partial charge in [0.15, 0.2) is 0 Å². The molecule has 2 aliphatic rings. The Morgan fingerprint density at radius 3 is 2.80 bits per heavy atom. The first-order valence-electron chi connectivity index (χ1n) is 10.2. The van der Waals surface area contributed by atoms with E-state index in [4.69, 9.17) is 9.47 Å². The molecule has 160 valence electrons. The fourth-order valence-electron chi connectivity index (χ4n) is 3.59. The van der Waals surface area contributed by atoms with E-state index in [-0.39, 0.29) is 17.8 Å². The van der Waals surface area contributed by atoms with Crippen molar-refractivity contribution in [2.75, 3.05) is 57.9 Å². The van der Waals surface area contributed by atoms with E-state index < -0.39 is 0 Å². The van der Waals surface area contributed by atoms with Crippen LogP contribution in [0.2, 0.25) is 0 Å². The zero-order valence-electron chi connectivity index (χ0n) is 16.8. The van der Waals surface area contributed by atoms with Crippen molar-refractivity contribution >= 4 is 17.5 Å². The molecule has 9 heteroatoms. The fourth-order valence-corrected chi connectivity index (χ4v) is 3.59. The molecule has 0 bridgehead atoms. The van der Waals surface area contributed by atoms with Gasteiger partial charge in [-0.25, -0.2) is 14.4 Å². The van der Waals surface area contributed by atoms with E-state index in [2.05, 4.69) is 20.2 Å². The summed E-state index contributed by atoms with van der Waals surface area (Å²) in [4.78, 5) is 25.1. The number of halogens is 1. The molecular formula is C21H26FN5O3. The summed E-state index contributed by atoms with van der Waals surface area (Å²) in [5.41, 5.74) is 0.811. The number of hydrogen-bond donors (Lipinski definition) is 1. The third kappa shape index (κ3) is 5.50. The van der Waals surface area contributed by atoms with E-state index in [0.717, 1.165) is 18.4 Å². The smallest absolute Gasteiger partial charge is 0.224 e. The van der Waals surface area contributed by atoms with Crippen LogP contribution in [0.1, 0.15) is 18.2 Å². The number of aromatic nitrogens is 2. The van der Waals surface area contributed by atoms with Gasteiger partial charge in [0.25, 0.3) is 0 Å². The maximum atomic E-state index is 13.0. The molecule has 8 nitrogen and oxygen atoms in total. The van der Waals surface area contributed by atoms with Gasteiger partial charge in [0, 0.05) is 39.1 Å². The number of amides is 1. The number of hydrogen-bond acceptors (Lipinski definition) is 7. The minimum Gasteiger partial charge on any atom is -0.378 e. The van der Waals surface area contributed by atoms with Crippen LogP contribution in [-0.2, 0) is 14.3 Å². The molecule has 2 aromatic heterocycles. The standard InChI is InChI=1S/C21H26FN5O3/c22-16-4-5-19(23-14-16)25-20-3-1-2-17(24-20)18-15-26(8-13-30-18)7-6-21(28)27-9-11-29-12-10-27/h1-5,14,18H,6-13,15H2,(H,23,24,25). The number of ether oxygens (including phenoxy) is 2. The lowest BCUT2D eigenvalue weighted by molar-refractivity contribution is -0.136. The lowest BCUT2D eigenvalue weighted by atomic mass is 10.1. The number of rotatable bonds is 6. The van der Waals surface area contributed by atoms with Crippen molar-refractivity contribution in [2.24, 2.45) is 0 Å². The fraction of sp³-hybridized carbons (Fsp3) is 0.476. The zero-order chi connectivity index (χ0) is 20.8. The summed E-state index contributed by atoms with van der Waals surface area (Å²) < 4.78 is 24.3. The average Bonchev–Trinajstić information content (AvgIpc) is 2.80. The monoisotopic (exact) mass is 415 g/mol. The second-order valence-corrected chi connectivity index (χ2v) is 7.34. The third-order valence-corrected chi connectivity index (χ3v) is 5.24. The predicted octanol–water partition coefficient (Wildman–Crippen LogP) is 1.98. The number of anilines is 2. The number of morpholine rings is 2. The summed E-state index contributed by atoms with van der Waals surface area (Å²) in [5, 5.41) is 3.08. The molecule has 2 aromatic rings. The van der Waals surface area contributed by atoms with Crippen molar-refractivity contribution in [3.63, 3.8) is 0 Å². The normalized spacial score (nSPS) is 20.2. The molecule has 1 atom stereocenters. The molecule has 4 rings (SSSR count). The molecule has 2 saturated heterocycles. The quantitative estimate of drug-likeness (QED) is 0.773. The van der Waals surface area contributed by atoms with Crippen LogP contribution in [0.3, 0.4) is 0 Å². The SMILES string of the molecule is O=C(CCN1CCOC(c2cccc(Nc3ccc(F)cn3)n2)C1)N1CCOCC1. The number of carbonyl (C=O) groups is 1. The van der Waals surface area contributed by atoms with E-state index in [1.807, 2.05) is 23.1 Å². The minimum absolute atomic E-state index is 0.167. The van der Waals surface area contributed by atoms with E-state index in [0.29, 0.717) is 64.1 Å². The highest BCUT2D eigenvalue weighted by Crippen LogP contribution is 2.23. The highest BCUT2D eigenvalue weighted by molar-refractivity contribution is 5.76. The van der Waals surface area contributed by atoms with Crippen molar-refractivity contribution in [1.29, 1.82) is 0 Å². The summed E-state index contributed by atoms with van der Waals surface area (Å²) in [6.45, 7) is 5.37. The molecule has 30 heavy (non-hydrogen) atoms. The van der Waals surface area contributed by atoms with Crippen LogP contribution >= 0.6 is 0 Å². The van der Waals surface area contributed by atoms with Gasteiger partial charge in [-0.15, -0.1) is 0 Å². The molecule has 0 aromatic carbocycles. The van der Waals surface area contributed by atoms with Crippen LogP contribution in [0.15, 0.2) is 36.5 Å². The molecule has 0 spiro atoms. The van der Waals surface area contributed by atoms with E-state index in [1.54, 1.807) is 6.07 Å². The van der Waals surface area contributed by atoms with Gasteiger partial charge in [0.2, 0.25) is 5.91 Å². The van der Waals surface area contributed by atoms with Gasteiger partial charge in [0.05, 0.1) is 31.7 Å². The molecule has 1 unspecified atom stereocenters. The number of pyridine rings is 2. The lowest BCUT2D eigenvalue weighted by Gasteiger charge is -2.33. The Morgan fingerprint density at radius 2 is 2.00 bits per heavy atom. The zero-order valence-corrected chi connectivity index (χ0v) is 16.8. The first kappa shape index (κ1) is 20.6. The number of nitrogens with zero attached hydrogens (tertiary/aromatic N) is 4. The van der Waals surface area contributed by atoms with Crippen LogP contribution in [0, 0.1) is 5.82 Å². The largest absolute Gasteiger partial charge is 0.378 e. The first-order valence-corrected chi connectivity index (χ1v) is 10.2. The average molecular weight is 415 g/mol. The number of carbonyl (C=O) groups excluding carboxylic acids is 1. The highest BCUT2D eigenvalue weighted by atomic mass is 19.1. The van der Waals surface area contributed by atoms with Gasteiger partial charge in [-0.3, -0.25) is 9.69 Å². The molecule has 4 heterocycles. The Labute approximate surface area is 175 Å². The van der Waals surface area contributed by atoms with Gasteiger partial charge in [0.1, 0.15) is 23.6 Å². The van der Waals surface area contributed by atoms with Crippen LogP contribution in [0.5, 0.6) is 0 Å². The second kappa shape index (κ2) is 9.92. The van der Waals surface area contributed by atoms with Crippen molar-refractivity contribution in [3.05, 3.63) is 48.0 Å². The lowest BCUT2D eigenvalue weighted by Crippen LogP contribution is -2.44. The maximum absolute atomic E-state index is 13.0. The maximum Gasteiger partial charge on any atom is 0.224 e. The van der Waals surface area contributed by atoms with Crippen molar-refractivity contribution < 1.29 is 18.7 Å². The van der Waals surface area contributed by atoms with Crippen molar-refractivity contribution in [2.45, 2.75) is 12.5 Å². The number of nitrogens with one attached hydrogen (secondary N) is 1. The molecular weight excluding hydrogens is 389 g/mol. The molecule has 1 amide bonds. The topological polar surface area (TPSA) is 79.8 Å². The van der Waals surface area contributed by atoms with Crippen LogP contribution < -0.4 is 5.32 Å². The van der Waals surface area contributed by atoms with Gasteiger partial charge >= 0.3 is 0 Å².